The minimum atomic E-state index is -1.34. The van der Waals surface area contributed by atoms with Gasteiger partial charge < -0.3 is 24.0 Å². The first kappa shape index (κ1) is 11.0. The van der Waals surface area contributed by atoms with Crippen LogP contribution in [0.15, 0.2) is 0 Å². The molecule has 0 aromatic carbocycles. The molecule has 1 fully saturated rings. The zero-order chi connectivity index (χ0) is 13.8. The van der Waals surface area contributed by atoms with Gasteiger partial charge in [0, 0.05) is 15.0 Å². The molecule has 0 bridgehead atoms. The van der Waals surface area contributed by atoms with E-state index in [-0.39, 0.29) is 13.1 Å². The Morgan fingerprint density at radius 1 is 1.75 bits per heavy atom. The summed E-state index contributed by atoms with van der Waals surface area (Å²) in [5.74, 6) is 0. The zero-order valence-corrected chi connectivity index (χ0v) is 9.88. The number of hydrogen-bond donors (Lipinski definition) is 1. The molecule has 1 radical (unpaired) electrons. The van der Waals surface area contributed by atoms with E-state index in [1.54, 1.807) is 13.7 Å². The van der Waals surface area contributed by atoms with Crippen LogP contribution in [-0.4, -0.2) is 67.4 Å². The SMILES string of the molecule is [2H][B]COC[C@H]1OC(OC)[C@@](C)(O)[C@@H]1OB([2H])C. The molecular formula is C9H19B2O5. The molecule has 1 aliphatic rings. The molecule has 0 aromatic heterocycles. The lowest BCUT2D eigenvalue weighted by Crippen LogP contribution is -2.48. The standard InChI is InChI=1S/C9H19B2O5/c1-9(12)7(16-11-2)6(4-14-5-10)15-8(9)13-3/h6-8,10-12H,4-5H2,1-3H3/t6-,7-,8?,9+/m1/s1/i10D,11D. The van der Waals surface area contributed by atoms with Crippen LogP contribution in [0.1, 0.15) is 6.92 Å². The maximum atomic E-state index is 10.3. The predicted octanol–water partition coefficient (Wildman–Crippen LogP) is -1.23. The van der Waals surface area contributed by atoms with Crippen molar-refractivity contribution >= 4 is 15.3 Å². The van der Waals surface area contributed by atoms with Gasteiger partial charge in [-0.1, -0.05) is 6.82 Å². The Labute approximate surface area is 101 Å². The van der Waals surface area contributed by atoms with Crippen LogP contribution in [0, 0.1) is 0 Å². The average molecular weight is 231 g/mol. The zero-order valence-electron chi connectivity index (χ0n) is 11.9. The average Bonchev–Trinajstić information content (AvgIpc) is 2.52. The highest BCUT2D eigenvalue weighted by Crippen LogP contribution is 2.33. The molecule has 16 heavy (non-hydrogen) atoms. The minimum Gasteiger partial charge on any atom is -0.432 e. The minimum absolute atomic E-state index is 0.169. The maximum Gasteiger partial charge on any atom is 0.272 e. The number of rotatable bonds is 7. The third-order valence-corrected chi connectivity index (χ3v) is 2.59. The van der Waals surface area contributed by atoms with Gasteiger partial charge in [-0.15, -0.1) is 0 Å². The monoisotopic (exact) mass is 231 g/mol. The van der Waals surface area contributed by atoms with Gasteiger partial charge in [0.1, 0.15) is 25.6 Å². The van der Waals surface area contributed by atoms with Crippen molar-refractivity contribution in [1.82, 2.24) is 0 Å². The van der Waals surface area contributed by atoms with Gasteiger partial charge in [0.25, 0.3) is 7.45 Å². The van der Waals surface area contributed by atoms with E-state index in [0.29, 0.717) is 0 Å². The van der Waals surface area contributed by atoms with Gasteiger partial charge in [-0.2, -0.15) is 0 Å². The van der Waals surface area contributed by atoms with E-state index < -0.39 is 31.5 Å². The first-order valence-corrected chi connectivity index (χ1v) is 5.19. The first-order chi connectivity index (χ1) is 8.43. The lowest BCUT2D eigenvalue weighted by molar-refractivity contribution is -0.187. The Balaban J connectivity index is 2.68. The summed E-state index contributed by atoms with van der Waals surface area (Å²) in [5, 5.41) is 10.3. The Kier molecular flexibility index (Phi) is 4.16. The van der Waals surface area contributed by atoms with Crippen LogP contribution >= 0.6 is 0 Å². The van der Waals surface area contributed by atoms with Gasteiger partial charge >= 0.3 is 0 Å². The summed E-state index contributed by atoms with van der Waals surface area (Å²) in [6.07, 6.45) is -2.06. The molecule has 4 atom stereocenters. The van der Waals surface area contributed by atoms with Crippen LogP contribution in [0.4, 0.5) is 0 Å². The molecular weight excluding hydrogens is 210 g/mol. The van der Waals surface area contributed by atoms with Gasteiger partial charge in [0.2, 0.25) is 0 Å². The van der Waals surface area contributed by atoms with Gasteiger partial charge in [0.05, 0.1) is 6.61 Å². The fourth-order valence-electron chi connectivity index (χ4n) is 1.86. The van der Waals surface area contributed by atoms with Gasteiger partial charge in [-0.25, -0.2) is 0 Å². The largest absolute Gasteiger partial charge is 0.432 e. The smallest absolute Gasteiger partial charge is 0.272 e. The maximum absolute atomic E-state index is 10.3. The van der Waals surface area contributed by atoms with Crippen LogP contribution in [0.5, 0.6) is 0 Å². The molecule has 5 nitrogen and oxygen atoms in total. The van der Waals surface area contributed by atoms with Crippen molar-refractivity contribution in [2.75, 3.05) is 20.2 Å². The van der Waals surface area contributed by atoms with Gasteiger partial charge in [-0.05, 0) is 8.26 Å². The fraction of sp³-hybridized carbons (Fsp3) is 1.00. The van der Waals surface area contributed by atoms with E-state index in [4.69, 9.17) is 21.5 Å². The molecule has 0 saturated carbocycles. The molecule has 1 rings (SSSR count). The molecule has 1 saturated heterocycles. The van der Waals surface area contributed by atoms with E-state index in [9.17, 15) is 5.11 Å². The highest BCUT2D eigenvalue weighted by molar-refractivity contribution is 6.24. The van der Waals surface area contributed by atoms with Crippen molar-refractivity contribution in [2.24, 2.45) is 0 Å². The second-order valence-corrected chi connectivity index (χ2v) is 3.80. The predicted molar refractivity (Wildman–Crippen MR) is 62.1 cm³/mol. The summed E-state index contributed by atoms with van der Waals surface area (Å²) >= 11 is 0. The van der Waals surface area contributed by atoms with Crippen molar-refractivity contribution in [3.8, 4) is 0 Å². The number of aliphatic hydroxyl groups is 1. The van der Waals surface area contributed by atoms with Crippen molar-refractivity contribution in [1.29, 1.82) is 2.67 Å². The van der Waals surface area contributed by atoms with E-state index in [2.05, 4.69) is 0 Å². The van der Waals surface area contributed by atoms with Crippen LogP contribution in [0.25, 0.3) is 0 Å². The molecule has 1 heterocycles. The summed E-state index contributed by atoms with van der Waals surface area (Å²) in [4.78, 5) is 0. The quantitative estimate of drug-likeness (QED) is 0.439. The lowest BCUT2D eigenvalue weighted by Gasteiger charge is -2.29. The highest BCUT2D eigenvalue weighted by Gasteiger charge is 2.53. The van der Waals surface area contributed by atoms with Crippen LogP contribution in [0.2, 0.25) is 6.82 Å². The van der Waals surface area contributed by atoms with Gasteiger partial charge in [0.15, 0.2) is 6.29 Å². The van der Waals surface area contributed by atoms with Crippen molar-refractivity contribution in [3.63, 3.8) is 0 Å². The van der Waals surface area contributed by atoms with Crippen LogP contribution in [-0.2, 0) is 18.9 Å². The Morgan fingerprint density at radius 2 is 2.50 bits per heavy atom. The Bertz CT molecular complexity index is 257. The van der Waals surface area contributed by atoms with E-state index in [1.165, 1.54) is 7.11 Å². The second kappa shape index (κ2) is 6.02. The van der Waals surface area contributed by atoms with Crippen molar-refractivity contribution in [3.05, 3.63) is 0 Å². The van der Waals surface area contributed by atoms with E-state index >= 15 is 0 Å². The second-order valence-electron chi connectivity index (χ2n) is 3.80. The fourth-order valence-corrected chi connectivity index (χ4v) is 1.86. The van der Waals surface area contributed by atoms with E-state index in [0.717, 1.165) is 7.81 Å². The third kappa shape index (κ3) is 2.78. The highest BCUT2D eigenvalue weighted by atomic mass is 16.7. The normalized spacial score (nSPS) is 40.4. The molecule has 0 amide bonds. The lowest BCUT2D eigenvalue weighted by atomic mass is 9.94. The Morgan fingerprint density at radius 3 is 3.06 bits per heavy atom. The molecule has 1 N–H and O–H groups in total. The van der Waals surface area contributed by atoms with Gasteiger partial charge in [-0.3, -0.25) is 0 Å². The Hall–Kier alpha value is -0.0701. The summed E-state index contributed by atoms with van der Waals surface area (Å²) in [6, 6.07) is 0. The molecule has 91 valence electrons. The van der Waals surface area contributed by atoms with Crippen molar-refractivity contribution < 1.29 is 24.0 Å². The summed E-state index contributed by atoms with van der Waals surface area (Å²) in [6.45, 7) is 3.45. The van der Waals surface area contributed by atoms with Crippen LogP contribution < -0.4 is 0 Å². The molecule has 1 unspecified atom stereocenters. The summed E-state index contributed by atoms with van der Waals surface area (Å²) < 4.78 is 35.4. The van der Waals surface area contributed by atoms with Crippen molar-refractivity contribution in [2.45, 2.75) is 37.8 Å². The summed E-state index contributed by atoms with van der Waals surface area (Å²) in [7, 11) is 1.77. The number of methoxy groups -OCH3 is 1. The molecule has 0 aromatic rings. The topological polar surface area (TPSA) is 57.2 Å². The molecule has 1 aliphatic heterocycles. The first-order valence-electron chi connectivity index (χ1n) is 6.35. The number of hydrogen-bond acceptors (Lipinski definition) is 5. The van der Waals surface area contributed by atoms with E-state index in [1.807, 2.05) is 0 Å². The third-order valence-electron chi connectivity index (χ3n) is 2.59. The summed E-state index contributed by atoms with van der Waals surface area (Å²) in [5.41, 5.74) is -1.34. The molecule has 0 spiro atoms. The molecule has 0 aliphatic carbocycles. The number of ether oxygens (including phenoxy) is 3. The molecule has 7 heteroatoms. The van der Waals surface area contributed by atoms with Crippen LogP contribution in [0.3, 0.4) is 0 Å².